The number of guanidine groups is 1. The van der Waals surface area contributed by atoms with Crippen LogP contribution >= 0.6 is 24.0 Å². The summed E-state index contributed by atoms with van der Waals surface area (Å²) in [7, 11) is 1.83. The van der Waals surface area contributed by atoms with Crippen LogP contribution in [0, 0.1) is 6.92 Å². The number of H-pyrrole nitrogens is 1. The number of aromatic nitrogens is 1. The molecule has 0 spiro atoms. The lowest BCUT2D eigenvalue weighted by atomic mass is 9.96. The first-order valence-corrected chi connectivity index (χ1v) is 8.93. The van der Waals surface area contributed by atoms with Crippen molar-refractivity contribution in [1.29, 1.82) is 0 Å². The summed E-state index contributed by atoms with van der Waals surface area (Å²) in [6.07, 6.45) is 7.41. The first-order valence-electron chi connectivity index (χ1n) is 8.93. The monoisotopic (exact) mass is 454 g/mol. The van der Waals surface area contributed by atoms with Crippen molar-refractivity contribution < 1.29 is 4.74 Å². The van der Waals surface area contributed by atoms with E-state index in [2.05, 4.69) is 51.9 Å². The second kappa shape index (κ2) is 7.95. The van der Waals surface area contributed by atoms with Crippen molar-refractivity contribution in [2.24, 2.45) is 4.99 Å². The highest BCUT2D eigenvalue weighted by Gasteiger charge is 2.41. The Morgan fingerprint density at radius 2 is 2.24 bits per heavy atom. The molecule has 0 radical (unpaired) electrons. The minimum atomic E-state index is 0. The molecule has 0 amide bonds. The third-order valence-corrected chi connectivity index (χ3v) is 5.35. The quantitative estimate of drug-likeness (QED) is 0.378. The van der Waals surface area contributed by atoms with Gasteiger partial charge in [0.05, 0.1) is 18.2 Å². The second-order valence-electron chi connectivity index (χ2n) is 6.92. The molecule has 2 aromatic rings. The number of para-hydroxylation sites is 1. The van der Waals surface area contributed by atoms with Crippen LogP contribution in [0.3, 0.4) is 0 Å². The topological polar surface area (TPSA) is 61.4 Å². The molecule has 1 aromatic heterocycles. The third-order valence-electron chi connectivity index (χ3n) is 5.35. The molecular formula is C19H27IN4O. The Bertz CT molecular complexity index is 757. The van der Waals surface area contributed by atoms with Gasteiger partial charge in [0, 0.05) is 30.7 Å². The van der Waals surface area contributed by atoms with E-state index in [1.165, 1.54) is 34.9 Å². The Balaban J connectivity index is 0.00000182. The fourth-order valence-corrected chi connectivity index (χ4v) is 4.05. The van der Waals surface area contributed by atoms with E-state index in [-0.39, 0.29) is 24.0 Å². The standard InChI is InChI=1S/C19H26N4O.HI/c1-12-4-3-5-15-13(11-22-18(12)15)8-9-21-19(20-2)23-16-10-14-6-7-17(16)24-14;/h3-5,11,14,16-17,22H,6-10H2,1-2H3,(H2,20,21,23);1H. The van der Waals surface area contributed by atoms with Crippen molar-refractivity contribution in [3.05, 3.63) is 35.5 Å². The van der Waals surface area contributed by atoms with Crippen molar-refractivity contribution >= 4 is 40.8 Å². The Kier molecular flexibility index (Phi) is 5.89. The minimum Gasteiger partial charge on any atom is -0.373 e. The maximum Gasteiger partial charge on any atom is 0.191 e. The number of fused-ring (bicyclic) bond motifs is 3. The summed E-state index contributed by atoms with van der Waals surface area (Å²) in [5.74, 6) is 0.882. The molecule has 1 aromatic carbocycles. The first kappa shape index (κ1) is 18.5. The van der Waals surface area contributed by atoms with E-state index in [1.54, 1.807) is 0 Å². The van der Waals surface area contributed by atoms with Gasteiger partial charge in [0.2, 0.25) is 0 Å². The SMILES string of the molecule is CN=C(NCCc1c[nH]c2c(C)cccc12)NC1CC2CCC1O2.I. The van der Waals surface area contributed by atoms with Crippen LogP contribution in [0.25, 0.3) is 10.9 Å². The van der Waals surface area contributed by atoms with Crippen LogP contribution in [-0.4, -0.2) is 42.8 Å². The van der Waals surface area contributed by atoms with E-state index >= 15 is 0 Å². The molecule has 6 heteroatoms. The number of aromatic amines is 1. The normalized spacial score (nSPS) is 25.2. The molecule has 2 saturated heterocycles. The highest BCUT2D eigenvalue weighted by molar-refractivity contribution is 14.0. The molecule has 2 bridgehead atoms. The number of aryl methyl sites for hydroxylation is 1. The zero-order chi connectivity index (χ0) is 16.5. The van der Waals surface area contributed by atoms with Crippen molar-refractivity contribution in [2.45, 2.75) is 50.9 Å². The average Bonchev–Trinajstić information content (AvgIpc) is 3.30. The molecule has 0 saturated carbocycles. The third kappa shape index (κ3) is 3.79. The highest BCUT2D eigenvalue weighted by Crippen LogP contribution is 2.34. The smallest absolute Gasteiger partial charge is 0.191 e. The van der Waals surface area contributed by atoms with E-state index in [0.29, 0.717) is 18.2 Å². The summed E-state index contributed by atoms with van der Waals surface area (Å²) in [6.45, 7) is 3.01. The molecule has 2 fully saturated rings. The van der Waals surface area contributed by atoms with E-state index in [9.17, 15) is 0 Å². The Morgan fingerprint density at radius 3 is 2.96 bits per heavy atom. The van der Waals surface area contributed by atoms with Gasteiger partial charge in [-0.15, -0.1) is 24.0 Å². The molecule has 2 aliphatic heterocycles. The fraction of sp³-hybridized carbons (Fsp3) is 0.526. The second-order valence-corrected chi connectivity index (χ2v) is 6.92. The number of nitrogens with one attached hydrogen (secondary N) is 3. The van der Waals surface area contributed by atoms with E-state index in [0.717, 1.165) is 25.3 Å². The maximum atomic E-state index is 5.90. The summed E-state index contributed by atoms with van der Waals surface area (Å²) in [6, 6.07) is 6.86. The van der Waals surface area contributed by atoms with Crippen LogP contribution in [0.1, 0.15) is 30.4 Å². The number of ether oxygens (including phenoxy) is 1. The van der Waals surface area contributed by atoms with Crippen LogP contribution in [0.15, 0.2) is 29.4 Å². The zero-order valence-electron chi connectivity index (χ0n) is 14.8. The maximum absolute atomic E-state index is 5.90. The number of aliphatic imine (C=N–C) groups is 1. The molecule has 3 heterocycles. The van der Waals surface area contributed by atoms with Crippen LogP contribution in [0.4, 0.5) is 0 Å². The molecule has 3 N–H and O–H groups in total. The number of nitrogens with zero attached hydrogens (tertiary/aromatic N) is 1. The lowest BCUT2D eigenvalue weighted by Crippen LogP contribution is -2.47. The first-order chi connectivity index (χ1) is 11.7. The predicted molar refractivity (Wildman–Crippen MR) is 113 cm³/mol. The number of hydrogen-bond donors (Lipinski definition) is 3. The van der Waals surface area contributed by atoms with Crippen molar-refractivity contribution in [2.75, 3.05) is 13.6 Å². The van der Waals surface area contributed by atoms with Crippen molar-refractivity contribution in [1.82, 2.24) is 15.6 Å². The van der Waals surface area contributed by atoms with Gasteiger partial charge in [0.25, 0.3) is 0 Å². The number of benzene rings is 1. The molecular weight excluding hydrogens is 427 g/mol. The van der Waals surface area contributed by atoms with Gasteiger partial charge in [-0.1, -0.05) is 18.2 Å². The predicted octanol–water partition coefficient (Wildman–Crippen LogP) is 3.12. The average molecular weight is 454 g/mol. The van der Waals surface area contributed by atoms with E-state index < -0.39 is 0 Å². The number of hydrogen-bond acceptors (Lipinski definition) is 2. The molecule has 5 nitrogen and oxygen atoms in total. The molecule has 25 heavy (non-hydrogen) atoms. The van der Waals surface area contributed by atoms with Crippen LogP contribution in [0.5, 0.6) is 0 Å². The van der Waals surface area contributed by atoms with Gasteiger partial charge >= 0.3 is 0 Å². The van der Waals surface area contributed by atoms with E-state index in [1.807, 2.05) is 7.05 Å². The van der Waals surface area contributed by atoms with Crippen LogP contribution in [0.2, 0.25) is 0 Å². The van der Waals surface area contributed by atoms with Crippen LogP contribution in [-0.2, 0) is 11.2 Å². The summed E-state index contributed by atoms with van der Waals surface area (Å²) in [5.41, 5.74) is 3.88. The lowest BCUT2D eigenvalue weighted by Gasteiger charge is -2.22. The van der Waals surface area contributed by atoms with Gasteiger partial charge in [0.1, 0.15) is 0 Å². The summed E-state index contributed by atoms with van der Waals surface area (Å²) in [5, 5.41) is 8.29. The summed E-state index contributed by atoms with van der Waals surface area (Å²) >= 11 is 0. The molecule has 3 atom stereocenters. The van der Waals surface area contributed by atoms with Gasteiger partial charge < -0.3 is 20.4 Å². The van der Waals surface area contributed by atoms with Crippen LogP contribution < -0.4 is 10.6 Å². The molecule has 136 valence electrons. The van der Waals surface area contributed by atoms with Gasteiger partial charge in [-0.3, -0.25) is 4.99 Å². The van der Waals surface area contributed by atoms with Gasteiger partial charge in [-0.25, -0.2) is 0 Å². The molecule has 4 rings (SSSR count). The fourth-order valence-electron chi connectivity index (χ4n) is 4.05. The van der Waals surface area contributed by atoms with Gasteiger partial charge in [-0.05, 0) is 43.7 Å². The molecule has 2 aliphatic rings. The zero-order valence-corrected chi connectivity index (χ0v) is 17.2. The lowest BCUT2D eigenvalue weighted by molar-refractivity contribution is 0.0992. The van der Waals surface area contributed by atoms with Gasteiger partial charge in [-0.2, -0.15) is 0 Å². The van der Waals surface area contributed by atoms with Crippen molar-refractivity contribution in [3.63, 3.8) is 0 Å². The number of halogens is 1. The van der Waals surface area contributed by atoms with Gasteiger partial charge in [0.15, 0.2) is 5.96 Å². The largest absolute Gasteiger partial charge is 0.373 e. The van der Waals surface area contributed by atoms with E-state index in [4.69, 9.17) is 4.74 Å². The number of rotatable bonds is 4. The Labute approximate surface area is 166 Å². The summed E-state index contributed by atoms with van der Waals surface area (Å²) in [4.78, 5) is 7.76. The highest BCUT2D eigenvalue weighted by atomic mass is 127. The van der Waals surface area contributed by atoms with Crippen molar-refractivity contribution in [3.8, 4) is 0 Å². The minimum absolute atomic E-state index is 0. The Morgan fingerprint density at radius 1 is 1.36 bits per heavy atom. The summed E-state index contributed by atoms with van der Waals surface area (Å²) < 4.78 is 5.90. The molecule has 3 unspecified atom stereocenters. The molecule has 0 aliphatic carbocycles. The Hall–Kier alpha value is -1.28.